The van der Waals surface area contributed by atoms with Gasteiger partial charge in [-0.25, -0.2) is 0 Å². The number of hydrogen-bond acceptors (Lipinski definition) is 1. The molecule has 0 saturated carbocycles. The first-order valence-corrected chi connectivity index (χ1v) is 4.62. The van der Waals surface area contributed by atoms with E-state index in [1.54, 1.807) is 0 Å². The third-order valence-electron chi connectivity index (χ3n) is 2.57. The predicted molar refractivity (Wildman–Crippen MR) is 48.0 cm³/mol. The van der Waals surface area contributed by atoms with Gasteiger partial charge in [0.15, 0.2) is 0 Å². The number of allylic oxidation sites excluding steroid dienone is 1. The molecular formula is C10H16O2. The molecule has 0 spiro atoms. The van der Waals surface area contributed by atoms with Crippen molar-refractivity contribution >= 4 is 5.97 Å². The third kappa shape index (κ3) is 1.68. The first-order chi connectivity index (χ1) is 5.71. The van der Waals surface area contributed by atoms with Crippen molar-refractivity contribution in [3.63, 3.8) is 0 Å². The van der Waals surface area contributed by atoms with Crippen LogP contribution in [0.4, 0.5) is 0 Å². The standard InChI is InChI=1S/C10H16O2/c1-2-3-4-6-10(9(11)12)7-5-8-10/h5,7H,2-4,6,8H2,1H3,(H,11,12). The van der Waals surface area contributed by atoms with Crippen LogP contribution in [0.3, 0.4) is 0 Å². The zero-order valence-electron chi connectivity index (χ0n) is 7.55. The Labute approximate surface area is 73.3 Å². The second-order valence-electron chi connectivity index (χ2n) is 3.52. The molecule has 1 rings (SSSR count). The lowest BCUT2D eigenvalue weighted by atomic mass is 9.72. The Bertz CT molecular complexity index is 196. The molecule has 0 aromatic rings. The molecule has 0 aliphatic heterocycles. The number of carboxylic acid groups (broad SMARTS) is 1. The number of rotatable bonds is 5. The molecule has 0 fully saturated rings. The number of unbranched alkanes of at least 4 members (excludes halogenated alkanes) is 2. The van der Waals surface area contributed by atoms with E-state index >= 15 is 0 Å². The van der Waals surface area contributed by atoms with Gasteiger partial charge in [-0.15, -0.1) is 0 Å². The van der Waals surface area contributed by atoms with Crippen LogP contribution in [-0.2, 0) is 4.79 Å². The van der Waals surface area contributed by atoms with Crippen LogP contribution < -0.4 is 0 Å². The number of carbonyl (C=O) groups is 1. The Balaban J connectivity index is 2.36. The van der Waals surface area contributed by atoms with E-state index in [2.05, 4.69) is 6.92 Å². The first kappa shape index (κ1) is 9.30. The smallest absolute Gasteiger partial charge is 0.313 e. The lowest BCUT2D eigenvalue weighted by Gasteiger charge is -2.30. The molecule has 0 bridgehead atoms. The van der Waals surface area contributed by atoms with Gasteiger partial charge in [0.1, 0.15) is 0 Å². The van der Waals surface area contributed by atoms with Gasteiger partial charge in [0.25, 0.3) is 0 Å². The predicted octanol–water partition coefficient (Wildman–Crippen LogP) is 2.60. The molecule has 1 aliphatic carbocycles. The van der Waals surface area contributed by atoms with Crippen LogP contribution >= 0.6 is 0 Å². The van der Waals surface area contributed by atoms with Crippen molar-refractivity contribution in [3.05, 3.63) is 12.2 Å². The van der Waals surface area contributed by atoms with Crippen LogP contribution in [0.1, 0.15) is 39.0 Å². The van der Waals surface area contributed by atoms with E-state index in [-0.39, 0.29) is 0 Å². The molecule has 1 atom stereocenters. The highest BCUT2D eigenvalue weighted by atomic mass is 16.4. The highest BCUT2D eigenvalue weighted by Crippen LogP contribution is 2.38. The summed E-state index contributed by atoms with van der Waals surface area (Å²) in [4.78, 5) is 10.8. The third-order valence-corrected chi connectivity index (χ3v) is 2.57. The van der Waals surface area contributed by atoms with Gasteiger partial charge in [0.05, 0.1) is 5.41 Å². The molecule has 0 radical (unpaired) electrons. The molecule has 0 heterocycles. The lowest BCUT2D eigenvalue weighted by Crippen LogP contribution is -2.32. The average Bonchev–Trinajstić information content (AvgIpc) is 1.94. The minimum Gasteiger partial charge on any atom is -0.481 e. The Morgan fingerprint density at radius 2 is 2.25 bits per heavy atom. The minimum absolute atomic E-state index is 0.491. The summed E-state index contributed by atoms with van der Waals surface area (Å²) in [6, 6.07) is 0. The van der Waals surface area contributed by atoms with Crippen molar-refractivity contribution in [2.45, 2.75) is 39.0 Å². The highest BCUT2D eigenvalue weighted by molar-refractivity contribution is 5.79. The molecule has 1 unspecified atom stereocenters. The Hall–Kier alpha value is -0.790. The second-order valence-corrected chi connectivity index (χ2v) is 3.52. The lowest BCUT2D eigenvalue weighted by molar-refractivity contribution is -0.147. The number of hydrogen-bond donors (Lipinski definition) is 1. The Kier molecular flexibility index (Phi) is 2.90. The summed E-state index contributed by atoms with van der Waals surface area (Å²) in [5.41, 5.74) is -0.491. The number of carboxylic acids is 1. The van der Waals surface area contributed by atoms with Gasteiger partial charge in [-0.2, -0.15) is 0 Å². The van der Waals surface area contributed by atoms with Crippen LogP contribution in [0, 0.1) is 5.41 Å². The van der Waals surface area contributed by atoms with Gasteiger partial charge in [-0.05, 0) is 12.8 Å². The van der Waals surface area contributed by atoms with E-state index < -0.39 is 11.4 Å². The fraction of sp³-hybridized carbons (Fsp3) is 0.700. The summed E-state index contributed by atoms with van der Waals surface area (Å²) in [6.07, 6.45) is 8.65. The molecule has 12 heavy (non-hydrogen) atoms. The summed E-state index contributed by atoms with van der Waals surface area (Å²) in [5.74, 6) is -0.652. The zero-order valence-corrected chi connectivity index (χ0v) is 7.55. The van der Waals surface area contributed by atoms with Crippen LogP contribution in [0.2, 0.25) is 0 Å². The van der Waals surface area contributed by atoms with Crippen molar-refractivity contribution in [1.82, 2.24) is 0 Å². The quantitative estimate of drug-likeness (QED) is 0.506. The van der Waals surface area contributed by atoms with Gasteiger partial charge in [-0.1, -0.05) is 38.3 Å². The SMILES string of the molecule is CCCCCC1(C(=O)O)C=CC1. The normalized spacial score (nSPS) is 26.8. The molecule has 1 aliphatic rings. The van der Waals surface area contributed by atoms with E-state index in [0.717, 1.165) is 32.1 Å². The molecule has 0 aromatic carbocycles. The zero-order chi connectivity index (χ0) is 9.03. The van der Waals surface area contributed by atoms with Crippen LogP contribution in [0.5, 0.6) is 0 Å². The summed E-state index contributed by atoms with van der Waals surface area (Å²) in [5, 5.41) is 8.93. The van der Waals surface area contributed by atoms with Crippen molar-refractivity contribution in [2.24, 2.45) is 5.41 Å². The topological polar surface area (TPSA) is 37.3 Å². The molecule has 1 N–H and O–H groups in total. The largest absolute Gasteiger partial charge is 0.481 e. The van der Waals surface area contributed by atoms with Crippen molar-refractivity contribution in [3.8, 4) is 0 Å². The maximum absolute atomic E-state index is 10.8. The van der Waals surface area contributed by atoms with Gasteiger partial charge in [0, 0.05) is 0 Å². The summed E-state index contributed by atoms with van der Waals surface area (Å²) in [7, 11) is 0. The monoisotopic (exact) mass is 168 g/mol. The maximum atomic E-state index is 10.8. The maximum Gasteiger partial charge on any atom is 0.313 e. The van der Waals surface area contributed by atoms with Gasteiger partial charge in [-0.3, -0.25) is 4.79 Å². The average molecular weight is 168 g/mol. The van der Waals surface area contributed by atoms with Crippen LogP contribution in [-0.4, -0.2) is 11.1 Å². The van der Waals surface area contributed by atoms with Crippen LogP contribution in [0.25, 0.3) is 0 Å². The summed E-state index contributed by atoms with van der Waals surface area (Å²) < 4.78 is 0. The molecule has 0 amide bonds. The fourth-order valence-electron chi connectivity index (χ4n) is 1.54. The van der Waals surface area contributed by atoms with Crippen molar-refractivity contribution in [2.75, 3.05) is 0 Å². The molecular weight excluding hydrogens is 152 g/mol. The fourth-order valence-corrected chi connectivity index (χ4v) is 1.54. The highest BCUT2D eigenvalue weighted by Gasteiger charge is 2.38. The Morgan fingerprint density at radius 3 is 2.58 bits per heavy atom. The molecule has 0 aromatic heterocycles. The molecule has 68 valence electrons. The van der Waals surface area contributed by atoms with Crippen molar-refractivity contribution in [1.29, 1.82) is 0 Å². The second kappa shape index (κ2) is 3.74. The minimum atomic E-state index is -0.652. The number of aliphatic carboxylic acids is 1. The molecule has 0 saturated heterocycles. The van der Waals surface area contributed by atoms with Crippen molar-refractivity contribution < 1.29 is 9.90 Å². The van der Waals surface area contributed by atoms with E-state index in [1.165, 1.54) is 0 Å². The summed E-state index contributed by atoms with van der Waals surface area (Å²) >= 11 is 0. The van der Waals surface area contributed by atoms with Crippen LogP contribution in [0.15, 0.2) is 12.2 Å². The van der Waals surface area contributed by atoms with E-state index in [9.17, 15) is 4.79 Å². The van der Waals surface area contributed by atoms with E-state index in [0.29, 0.717) is 0 Å². The van der Waals surface area contributed by atoms with Gasteiger partial charge < -0.3 is 5.11 Å². The van der Waals surface area contributed by atoms with E-state index in [4.69, 9.17) is 5.11 Å². The Morgan fingerprint density at radius 1 is 1.58 bits per heavy atom. The summed E-state index contributed by atoms with van der Waals surface area (Å²) in [6.45, 7) is 2.13. The van der Waals surface area contributed by atoms with Gasteiger partial charge in [0.2, 0.25) is 0 Å². The first-order valence-electron chi connectivity index (χ1n) is 4.62. The van der Waals surface area contributed by atoms with Gasteiger partial charge >= 0.3 is 5.97 Å². The van der Waals surface area contributed by atoms with E-state index in [1.807, 2.05) is 12.2 Å². The molecule has 2 heteroatoms. The molecule has 2 nitrogen and oxygen atoms in total.